The van der Waals surface area contributed by atoms with Crippen LogP contribution in [0.4, 0.5) is 4.39 Å². The predicted molar refractivity (Wildman–Crippen MR) is 71.7 cm³/mol. The maximum atomic E-state index is 13.2. The second kappa shape index (κ2) is 5.78. The van der Waals surface area contributed by atoms with Crippen molar-refractivity contribution in [2.45, 2.75) is 26.1 Å². The number of halogens is 1. The van der Waals surface area contributed by atoms with Crippen LogP contribution in [0.2, 0.25) is 0 Å². The smallest absolute Gasteiger partial charge is 0.123 e. The van der Waals surface area contributed by atoms with E-state index in [1.807, 2.05) is 6.07 Å². The fourth-order valence-corrected chi connectivity index (χ4v) is 2.57. The van der Waals surface area contributed by atoms with E-state index in [0.29, 0.717) is 12.6 Å². The molecule has 1 aliphatic rings. The van der Waals surface area contributed by atoms with Crippen LogP contribution in [0.15, 0.2) is 18.2 Å². The van der Waals surface area contributed by atoms with Crippen molar-refractivity contribution in [2.24, 2.45) is 5.73 Å². The van der Waals surface area contributed by atoms with Gasteiger partial charge in [0.15, 0.2) is 0 Å². The Morgan fingerprint density at radius 3 is 2.78 bits per heavy atom. The highest BCUT2D eigenvalue weighted by Crippen LogP contribution is 2.17. The molecule has 1 unspecified atom stereocenters. The van der Waals surface area contributed by atoms with Gasteiger partial charge in [-0.1, -0.05) is 6.07 Å². The molecule has 1 heterocycles. The van der Waals surface area contributed by atoms with Gasteiger partial charge in [-0.3, -0.25) is 4.90 Å². The maximum Gasteiger partial charge on any atom is 0.123 e. The van der Waals surface area contributed by atoms with E-state index < -0.39 is 0 Å². The standard InChI is InChI=1S/C14H22FN3/c1-11-9-17(2)5-6-18(11)10-12-3-4-14(15)7-13(12)8-16/h3-4,7,11H,5-6,8-10,16H2,1-2H3. The van der Waals surface area contributed by atoms with Crippen molar-refractivity contribution >= 4 is 0 Å². The molecule has 3 nitrogen and oxygen atoms in total. The second-order valence-corrected chi connectivity index (χ2v) is 5.20. The molecule has 1 fully saturated rings. The van der Waals surface area contributed by atoms with Gasteiger partial charge in [-0.05, 0) is 37.2 Å². The molecule has 1 atom stereocenters. The molecule has 2 rings (SSSR count). The van der Waals surface area contributed by atoms with Crippen LogP contribution in [-0.4, -0.2) is 42.5 Å². The lowest BCUT2D eigenvalue weighted by Gasteiger charge is -2.38. The summed E-state index contributed by atoms with van der Waals surface area (Å²) in [4.78, 5) is 4.78. The molecule has 0 aromatic heterocycles. The first-order valence-electron chi connectivity index (χ1n) is 6.50. The summed E-state index contributed by atoms with van der Waals surface area (Å²) in [5.74, 6) is -0.203. The average molecular weight is 251 g/mol. The highest BCUT2D eigenvalue weighted by Gasteiger charge is 2.21. The van der Waals surface area contributed by atoms with E-state index in [1.54, 1.807) is 6.07 Å². The maximum absolute atomic E-state index is 13.2. The molecular weight excluding hydrogens is 229 g/mol. The minimum absolute atomic E-state index is 0.203. The van der Waals surface area contributed by atoms with E-state index in [1.165, 1.54) is 6.07 Å². The molecule has 0 radical (unpaired) electrons. The van der Waals surface area contributed by atoms with Gasteiger partial charge in [0.1, 0.15) is 5.82 Å². The van der Waals surface area contributed by atoms with E-state index in [9.17, 15) is 4.39 Å². The third-order valence-corrected chi connectivity index (χ3v) is 3.73. The average Bonchev–Trinajstić information content (AvgIpc) is 2.34. The first-order chi connectivity index (χ1) is 8.60. The van der Waals surface area contributed by atoms with Crippen LogP contribution in [0.3, 0.4) is 0 Å². The summed E-state index contributed by atoms with van der Waals surface area (Å²) in [6, 6.07) is 5.47. The summed E-state index contributed by atoms with van der Waals surface area (Å²) in [5.41, 5.74) is 7.75. The van der Waals surface area contributed by atoms with Crippen LogP contribution in [-0.2, 0) is 13.1 Å². The molecule has 2 N–H and O–H groups in total. The summed E-state index contributed by atoms with van der Waals surface area (Å²) in [6.45, 7) is 6.72. The van der Waals surface area contributed by atoms with Crippen molar-refractivity contribution in [2.75, 3.05) is 26.7 Å². The Labute approximate surface area is 108 Å². The Kier molecular flexibility index (Phi) is 4.32. The van der Waals surface area contributed by atoms with Crippen LogP contribution in [0.5, 0.6) is 0 Å². The number of nitrogens with two attached hydrogens (primary N) is 1. The molecule has 1 aromatic carbocycles. The lowest BCUT2D eigenvalue weighted by atomic mass is 10.1. The Hall–Kier alpha value is -0.970. The molecule has 0 spiro atoms. The Balaban J connectivity index is 2.09. The number of piperazine rings is 1. The molecule has 18 heavy (non-hydrogen) atoms. The Morgan fingerprint density at radius 1 is 1.33 bits per heavy atom. The lowest BCUT2D eigenvalue weighted by molar-refractivity contribution is 0.0936. The van der Waals surface area contributed by atoms with Crippen molar-refractivity contribution < 1.29 is 4.39 Å². The van der Waals surface area contributed by atoms with Gasteiger partial charge in [0.2, 0.25) is 0 Å². The summed E-state index contributed by atoms with van der Waals surface area (Å²) >= 11 is 0. The van der Waals surface area contributed by atoms with E-state index >= 15 is 0 Å². The Morgan fingerprint density at radius 2 is 2.11 bits per heavy atom. The first-order valence-corrected chi connectivity index (χ1v) is 6.50. The quantitative estimate of drug-likeness (QED) is 0.882. The number of rotatable bonds is 3. The van der Waals surface area contributed by atoms with Crippen LogP contribution >= 0.6 is 0 Å². The van der Waals surface area contributed by atoms with E-state index in [-0.39, 0.29) is 5.82 Å². The largest absolute Gasteiger partial charge is 0.326 e. The van der Waals surface area contributed by atoms with Crippen LogP contribution < -0.4 is 5.73 Å². The molecule has 1 aliphatic heterocycles. The zero-order chi connectivity index (χ0) is 13.1. The number of likely N-dealkylation sites (N-methyl/N-ethyl adjacent to an activating group) is 1. The van der Waals surface area contributed by atoms with Crippen LogP contribution in [0.25, 0.3) is 0 Å². The monoisotopic (exact) mass is 251 g/mol. The molecular formula is C14H22FN3. The summed E-state index contributed by atoms with van der Waals surface area (Å²) in [6.07, 6.45) is 0. The van der Waals surface area contributed by atoms with E-state index in [2.05, 4.69) is 23.8 Å². The molecule has 0 saturated carbocycles. The molecule has 100 valence electrons. The van der Waals surface area contributed by atoms with E-state index in [4.69, 9.17) is 5.73 Å². The molecule has 0 amide bonds. The third-order valence-electron chi connectivity index (χ3n) is 3.73. The summed E-state index contributed by atoms with van der Waals surface area (Å²) in [7, 11) is 2.15. The van der Waals surface area contributed by atoms with Crippen molar-refractivity contribution in [3.05, 3.63) is 35.1 Å². The summed E-state index contributed by atoms with van der Waals surface area (Å²) in [5, 5.41) is 0. The molecule has 4 heteroatoms. The second-order valence-electron chi connectivity index (χ2n) is 5.20. The van der Waals surface area contributed by atoms with Crippen molar-refractivity contribution in [1.29, 1.82) is 0 Å². The van der Waals surface area contributed by atoms with Crippen LogP contribution in [0.1, 0.15) is 18.1 Å². The van der Waals surface area contributed by atoms with Crippen molar-refractivity contribution in [1.82, 2.24) is 9.80 Å². The number of hydrogen-bond donors (Lipinski definition) is 1. The predicted octanol–water partition coefficient (Wildman–Crippen LogP) is 1.42. The summed E-state index contributed by atoms with van der Waals surface area (Å²) < 4.78 is 13.2. The minimum Gasteiger partial charge on any atom is -0.326 e. The normalized spacial score (nSPS) is 22.3. The third kappa shape index (κ3) is 3.07. The topological polar surface area (TPSA) is 32.5 Å². The molecule has 1 saturated heterocycles. The van der Waals surface area contributed by atoms with Gasteiger partial charge in [-0.15, -0.1) is 0 Å². The van der Waals surface area contributed by atoms with Gasteiger partial charge in [0.05, 0.1) is 0 Å². The number of benzene rings is 1. The van der Waals surface area contributed by atoms with Gasteiger partial charge in [-0.25, -0.2) is 4.39 Å². The fraction of sp³-hybridized carbons (Fsp3) is 0.571. The molecule has 0 bridgehead atoms. The van der Waals surface area contributed by atoms with Gasteiger partial charge < -0.3 is 10.6 Å². The van der Waals surface area contributed by atoms with Gasteiger partial charge >= 0.3 is 0 Å². The highest BCUT2D eigenvalue weighted by molar-refractivity contribution is 5.27. The number of hydrogen-bond acceptors (Lipinski definition) is 3. The highest BCUT2D eigenvalue weighted by atomic mass is 19.1. The van der Waals surface area contributed by atoms with Crippen molar-refractivity contribution in [3.63, 3.8) is 0 Å². The van der Waals surface area contributed by atoms with Gasteiger partial charge in [0, 0.05) is 38.8 Å². The molecule has 1 aromatic rings. The van der Waals surface area contributed by atoms with Gasteiger partial charge in [0.25, 0.3) is 0 Å². The minimum atomic E-state index is -0.203. The van der Waals surface area contributed by atoms with E-state index in [0.717, 1.165) is 37.3 Å². The van der Waals surface area contributed by atoms with Crippen LogP contribution in [0, 0.1) is 5.82 Å². The lowest BCUT2D eigenvalue weighted by Crippen LogP contribution is -2.49. The Bertz CT molecular complexity index is 408. The zero-order valence-electron chi connectivity index (χ0n) is 11.2. The zero-order valence-corrected chi connectivity index (χ0v) is 11.2. The first kappa shape index (κ1) is 13.5. The van der Waals surface area contributed by atoms with Gasteiger partial charge in [-0.2, -0.15) is 0 Å². The molecule has 0 aliphatic carbocycles. The SMILES string of the molecule is CC1CN(C)CCN1Cc1ccc(F)cc1CN. The fourth-order valence-electron chi connectivity index (χ4n) is 2.57. The van der Waals surface area contributed by atoms with Crippen molar-refractivity contribution in [3.8, 4) is 0 Å². The number of nitrogens with zero attached hydrogens (tertiary/aromatic N) is 2.